The third-order valence-electron chi connectivity index (χ3n) is 4.99. The van der Waals surface area contributed by atoms with Gasteiger partial charge in [0.05, 0.1) is 9.31 Å². The Balaban J connectivity index is 1.54. The van der Waals surface area contributed by atoms with Crippen LogP contribution in [0.15, 0.2) is 64.1 Å². The number of carbonyl (C=O) groups is 1. The van der Waals surface area contributed by atoms with E-state index >= 15 is 0 Å². The van der Waals surface area contributed by atoms with Gasteiger partial charge in [0.1, 0.15) is 19.0 Å². The van der Waals surface area contributed by atoms with E-state index in [0.717, 1.165) is 20.3 Å². The van der Waals surface area contributed by atoms with Crippen LogP contribution in [0.3, 0.4) is 0 Å². The van der Waals surface area contributed by atoms with E-state index in [-0.39, 0.29) is 29.8 Å². The standard InChI is InChI=1S/C22H22Br2O3/c1-22(2)18(12-19(23)24)20(22)21(25)27-14-16-8-6-7-15(11-16)13-26-17-9-4-3-5-10-17/h3-12,18,20H,13-14H2,1-2H3/t18-,20+/m1/s1. The highest BCUT2D eigenvalue weighted by Gasteiger charge is 2.61. The zero-order valence-electron chi connectivity index (χ0n) is 15.3. The van der Waals surface area contributed by atoms with Crippen molar-refractivity contribution in [3.05, 3.63) is 75.2 Å². The van der Waals surface area contributed by atoms with Gasteiger partial charge in [-0.3, -0.25) is 4.79 Å². The highest BCUT2D eigenvalue weighted by molar-refractivity contribution is 9.28. The lowest BCUT2D eigenvalue weighted by atomic mass is 10.1. The van der Waals surface area contributed by atoms with Crippen LogP contribution in [0.1, 0.15) is 25.0 Å². The van der Waals surface area contributed by atoms with Gasteiger partial charge in [-0.25, -0.2) is 0 Å². The Bertz CT molecular complexity index is 826. The molecule has 1 fully saturated rings. The van der Waals surface area contributed by atoms with E-state index in [2.05, 4.69) is 45.7 Å². The van der Waals surface area contributed by atoms with Gasteiger partial charge < -0.3 is 9.47 Å². The molecular weight excluding hydrogens is 472 g/mol. The fraction of sp³-hybridized carbons (Fsp3) is 0.318. The average molecular weight is 494 g/mol. The fourth-order valence-electron chi connectivity index (χ4n) is 3.31. The molecular formula is C22H22Br2O3. The van der Waals surface area contributed by atoms with Crippen LogP contribution >= 0.6 is 31.9 Å². The lowest BCUT2D eigenvalue weighted by molar-refractivity contribution is -0.147. The normalized spacial score (nSPS) is 19.9. The molecule has 1 aliphatic rings. The molecule has 1 aliphatic carbocycles. The first kappa shape index (κ1) is 20.2. The van der Waals surface area contributed by atoms with Crippen LogP contribution in [0.25, 0.3) is 0 Å². The number of hydrogen-bond donors (Lipinski definition) is 0. The topological polar surface area (TPSA) is 35.5 Å². The Kier molecular flexibility index (Phi) is 6.43. The molecule has 0 aromatic heterocycles. The molecule has 2 aromatic carbocycles. The molecule has 0 heterocycles. The largest absolute Gasteiger partial charge is 0.489 e. The molecule has 2 aromatic rings. The van der Waals surface area contributed by atoms with Crippen LogP contribution in [-0.2, 0) is 22.7 Å². The molecule has 0 unspecified atom stereocenters. The number of hydrogen-bond acceptors (Lipinski definition) is 3. The van der Waals surface area contributed by atoms with Crippen molar-refractivity contribution in [1.29, 1.82) is 0 Å². The second-order valence-electron chi connectivity index (χ2n) is 7.31. The maximum atomic E-state index is 12.5. The number of rotatable bonds is 7. The van der Waals surface area contributed by atoms with Crippen molar-refractivity contribution < 1.29 is 14.3 Å². The van der Waals surface area contributed by atoms with Crippen molar-refractivity contribution in [1.82, 2.24) is 0 Å². The minimum Gasteiger partial charge on any atom is -0.489 e. The maximum absolute atomic E-state index is 12.5. The van der Waals surface area contributed by atoms with E-state index in [1.54, 1.807) is 0 Å². The second-order valence-corrected chi connectivity index (χ2v) is 10.1. The molecule has 0 radical (unpaired) electrons. The molecule has 1 saturated carbocycles. The first-order valence-electron chi connectivity index (χ1n) is 8.83. The molecule has 0 N–H and O–H groups in total. The molecule has 3 nitrogen and oxygen atoms in total. The van der Waals surface area contributed by atoms with Crippen LogP contribution in [0.4, 0.5) is 0 Å². The van der Waals surface area contributed by atoms with E-state index in [9.17, 15) is 4.79 Å². The number of benzene rings is 2. The molecule has 3 rings (SSSR count). The molecule has 142 valence electrons. The van der Waals surface area contributed by atoms with Crippen LogP contribution in [0, 0.1) is 17.3 Å². The van der Waals surface area contributed by atoms with Gasteiger partial charge in [-0.15, -0.1) is 0 Å². The van der Waals surface area contributed by atoms with Gasteiger partial charge in [0.15, 0.2) is 0 Å². The minimum atomic E-state index is -0.145. The van der Waals surface area contributed by atoms with Gasteiger partial charge >= 0.3 is 5.97 Å². The molecule has 27 heavy (non-hydrogen) atoms. The lowest BCUT2D eigenvalue weighted by Gasteiger charge is -2.09. The molecule has 0 amide bonds. The fourth-order valence-corrected chi connectivity index (χ4v) is 3.88. The third kappa shape index (κ3) is 5.23. The summed E-state index contributed by atoms with van der Waals surface area (Å²) in [5, 5.41) is 0. The summed E-state index contributed by atoms with van der Waals surface area (Å²) in [6, 6.07) is 17.7. The Morgan fingerprint density at radius 1 is 1.04 bits per heavy atom. The monoisotopic (exact) mass is 492 g/mol. The van der Waals surface area contributed by atoms with E-state index in [1.165, 1.54) is 0 Å². The number of allylic oxidation sites excluding steroid dienone is 1. The smallest absolute Gasteiger partial charge is 0.310 e. The van der Waals surface area contributed by atoms with Crippen molar-refractivity contribution in [3.8, 4) is 5.75 Å². The Morgan fingerprint density at radius 2 is 1.70 bits per heavy atom. The Labute approximate surface area is 177 Å². The highest BCUT2D eigenvalue weighted by atomic mass is 79.9. The molecule has 0 saturated heterocycles. The predicted molar refractivity (Wildman–Crippen MR) is 114 cm³/mol. The summed E-state index contributed by atoms with van der Waals surface area (Å²) >= 11 is 6.74. The van der Waals surface area contributed by atoms with Crippen molar-refractivity contribution >= 4 is 37.8 Å². The van der Waals surface area contributed by atoms with Gasteiger partial charge in [-0.2, -0.15) is 0 Å². The number of ether oxygens (including phenoxy) is 2. The van der Waals surface area contributed by atoms with Gasteiger partial charge in [-0.1, -0.05) is 56.3 Å². The summed E-state index contributed by atoms with van der Waals surface area (Å²) in [6.07, 6.45) is 2.02. The van der Waals surface area contributed by atoms with Gasteiger partial charge in [0.2, 0.25) is 0 Å². The van der Waals surface area contributed by atoms with E-state index < -0.39 is 0 Å². The Morgan fingerprint density at radius 3 is 2.37 bits per heavy atom. The van der Waals surface area contributed by atoms with Crippen molar-refractivity contribution in [3.63, 3.8) is 0 Å². The number of carbonyl (C=O) groups excluding carboxylic acids is 1. The molecule has 0 spiro atoms. The summed E-state index contributed by atoms with van der Waals surface area (Å²) in [5.74, 6) is 0.771. The first-order valence-corrected chi connectivity index (χ1v) is 10.4. The summed E-state index contributed by atoms with van der Waals surface area (Å²) in [4.78, 5) is 12.5. The SMILES string of the molecule is CC1(C)[C@H](C=C(Br)Br)[C@H]1C(=O)OCc1cccc(COc2ccccc2)c1. The molecule has 5 heteroatoms. The van der Waals surface area contributed by atoms with Crippen LogP contribution in [0.5, 0.6) is 5.75 Å². The first-order chi connectivity index (χ1) is 12.9. The summed E-state index contributed by atoms with van der Waals surface area (Å²) in [5.41, 5.74) is 1.93. The maximum Gasteiger partial charge on any atom is 0.310 e. The Hall–Kier alpha value is -1.59. The lowest BCUT2D eigenvalue weighted by Crippen LogP contribution is -2.10. The van der Waals surface area contributed by atoms with Gasteiger partial charge in [0, 0.05) is 0 Å². The predicted octanol–water partition coefficient (Wildman–Crippen LogP) is 6.21. The van der Waals surface area contributed by atoms with Crippen molar-refractivity contribution in [2.24, 2.45) is 17.3 Å². The van der Waals surface area contributed by atoms with Gasteiger partial charge in [-0.05, 0) is 72.5 Å². The summed E-state index contributed by atoms with van der Waals surface area (Å²) in [6.45, 7) is 4.93. The summed E-state index contributed by atoms with van der Waals surface area (Å²) in [7, 11) is 0. The van der Waals surface area contributed by atoms with Gasteiger partial charge in [0.25, 0.3) is 0 Å². The number of halogens is 2. The van der Waals surface area contributed by atoms with Crippen LogP contribution < -0.4 is 4.74 Å². The van der Waals surface area contributed by atoms with Crippen molar-refractivity contribution in [2.45, 2.75) is 27.1 Å². The zero-order valence-corrected chi connectivity index (χ0v) is 18.5. The van der Waals surface area contributed by atoms with E-state index in [1.807, 2.05) is 60.7 Å². The third-order valence-corrected chi connectivity index (χ3v) is 5.52. The summed E-state index contributed by atoms with van der Waals surface area (Å²) < 4.78 is 12.2. The second kappa shape index (κ2) is 8.61. The van der Waals surface area contributed by atoms with Crippen molar-refractivity contribution in [2.75, 3.05) is 0 Å². The molecule has 2 atom stereocenters. The van der Waals surface area contributed by atoms with E-state index in [0.29, 0.717) is 6.61 Å². The number of esters is 1. The zero-order chi connectivity index (χ0) is 19.4. The average Bonchev–Trinajstić information content (AvgIpc) is 3.18. The minimum absolute atomic E-state index is 0.0742. The van der Waals surface area contributed by atoms with E-state index in [4.69, 9.17) is 9.47 Å². The molecule has 0 aliphatic heterocycles. The van der Waals surface area contributed by atoms with Crippen LogP contribution in [0.2, 0.25) is 0 Å². The number of para-hydroxylation sites is 1. The molecule has 0 bridgehead atoms. The van der Waals surface area contributed by atoms with Crippen LogP contribution in [-0.4, -0.2) is 5.97 Å². The highest BCUT2D eigenvalue weighted by Crippen LogP contribution is 2.60. The quantitative estimate of drug-likeness (QED) is 0.430.